The fourth-order valence-corrected chi connectivity index (χ4v) is 4.37. The molecule has 2 aromatic carbocycles. The first-order valence-electron chi connectivity index (χ1n) is 8.96. The highest BCUT2D eigenvalue weighted by Gasteiger charge is 2.26. The maximum absolute atomic E-state index is 3.63. The molecular formula is C21H23N3. The molecule has 0 bridgehead atoms. The second kappa shape index (κ2) is 5.38. The van der Waals surface area contributed by atoms with Crippen LogP contribution in [0.15, 0.2) is 48.5 Å². The van der Waals surface area contributed by atoms with Gasteiger partial charge in [-0.15, -0.1) is 0 Å². The van der Waals surface area contributed by atoms with E-state index in [2.05, 4.69) is 70.4 Å². The summed E-state index contributed by atoms with van der Waals surface area (Å²) in [6.07, 6.45) is 2.50. The van der Waals surface area contributed by atoms with E-state index in [4.69, 9.17) is 0 Å². The van der Waals surface area contributed by atoms with Crippen molar-refractivity contribution < 1.29 is 0 Å². The number of hydrogen-bond acceptors (Lipinski definition) is 2. The van der Waals surface area contributed by atoms with Crippen molar-refractivity contribution in [3.05, 3.63) is 59.8 Å². The third-order valence-corrected chi connectivity index (χ3v) is 5.69. The Bertz CT molecular complexity index is 901. The Morgan fingerprint density at radius 2 is 1.83 bits per heavy atom. The predicted molar refractivity (Wildman–Crippen MR) is 100 cm³/mol. The predicted octanol–water partition coefficient (Wildman–Crippen LogP) is 4.37. The van der Waals surface area contributed by atoms with Crippen LogP contribution in [0.5, 0.6) is 0 Å². The molecule has 0 radical (unpaired) electrons. The van der Waals surface area contributed by atoms with Crippen LogP contribution >= 0.6 is 0 Å². The van der Waals surface area contributed by atoms with E-state index in [1.807, 2.05) is 0 Å². The molecule has 1 N–H and O–H groups in total. The van der Waals surface area contributed by atoms with E-state index in [9.17, 15) is 0 Å². The number of nitrogens with zero attached hydrogens (tertiary/aromatic N) is 2. The number of anilines is 1. The SMILES string of the molecule is CN1CCC(c2cc3cccc4c3n2-c2ccccc2NC4)CC1. The van der Waals surface area contributed by atoms with E-state index >= 15 is 0 Å². The minimum absolute atomic E-state index is 0.646. The minimum atomic E-state index is 0.646. The summed E-state index contributed by atoms with van der Waals surface area (Å²) >= 11 is 0. The van der Waals surface area contributed by atoms with Crippen LogP contribution in [0.4, 0.5) is 5.69 Å². The van der Waals surface area contributed by atoms with Crippen LogP contribution in [0.3, 0.4) is 0 Å². The molecule has 0 aliphatic carbocycles. The van der Waals surface area contributed by atoms with Crippen LogP contribution < -0.4 is 5.32 Å². The molecule has 1 fully saturated rings. The van der Waals surface area contributed by atoms with Crippen molar-refractivity contribution in [1.82, 2.24) is 9.47 Å². The van der Waals surface area contributed by atoms with E-state index in [0.29, 0.717) is 5.92 Å². The van der Waals surface area contributed by atoms with Gasteiger partial charge in [0.2, 0.25) is 0 Å². The molecule has 1 aromatic heterocycles. The number of benzene rings is 2. The normalized spacial score (nSPS) is 18.2. The van der Waals surface area contributed by atoms with Gasteiger partial charge in [0.05, 0.1) is 16.9 Å². The molecule has 1 saturated heterocycles. The zero-order valence-corrected chi connectivity index (χ0v) is 14.1. The number of hydrogen-bond donors (Lipinski definition) is 1. The third-order valence-electron chi connectivity index (χ3n) is 5.69. The number of fused-ring (bicyclic) bond motifs is 2. The Labute approximate surface area is 142 Å². The van der Waals surface area contributed by atoms with Gasteiger partial charge in [-0.25, -0.2) is 0 Å². The summed E-state index contributed by atoms with van der Waals surface area (Å²) in [4.78, 5) is 2.45. The Hall–Kier alpha value is -2.26. The van der Waals surface area contributed by atoms with Crippen molar-refractivity contribution in [2.24, 2.45) is 0 Å². The van der Waals surface area contributed by atoms with Gasteiger partial charge in [-0.1, -0.05) is 30.3 Å². The maximum atomic E-state index is 3.63. The fourth-order valence-electron chi connectivity index (χ4n) is 4.37. The van der Waals surface area contributed by atoms with Crippen molar-refractivity contribution in [1.29, 1.82) is 0 Å². The number of rotatable bonds is 1. The maximum Gasteiger partial charge on any atom is 0.0690 e. The molecule has 0 amide bonds. The molecule has 2 aliphatic rings. The average Bonchev–Trinajstić information content (AvgIpc) is 2.91. The van der Waals surface area contributed by atoms with Crippen molar-refractivity contribution in [2.75, 3.05) is 25.5 Å². The Balaban J connectivity index is 1.76. The van der Waals surface area contributed by atoms with Crippen molar-refractivity contribution >= 4 is 16.6 Å². The Morgan fingerprint density at radius 3 is 2.71 bits per heavy atom. The lowest BCUT2D eigenvalue weighted by Gasteiger charge is -2.30. The molecule has 3 heterocycles. The van der Waals surface area contributed by atoms with Gasteiger partial charge in [0.15, 0.2) is 0 Å². The number of nitrogens with one attached hydrogen (secondary N) is 1. The summed E-state index contributed by atoms with van der Waals surface area (Å²) < 4.78 is 2.54. The molecule has 122 valence electrons. The van der Waals surface area contributed by atoms with E-state index < -0.39 is 0 Å². The molecule has 0 saturated carbocycles. The number of likely N-dealkylation sites (tertiary alicyclic amines) is 1. The summed E-state index contributed by atoms with van der Waals surface area (Å²) in [7, 11) is 2.23. The molecule has 2 aliphatic heterocycles. The molecular weight excluding hydrogens is 294 g/mol. The smallest absolute Gasteiger partial charge is 0.0690 e. The highest BCUT2D eigenvalue weighted by atomic mass is 15.1. The van der Waals surface area contributed by atoms with Gasteiger partial charge < -0.3 is 14.8 Å². The molecule has 0 atom stereocenters. The van der Waals surface area contributed by atoms with Gasteiger partial charge in [0.25, 0.3) is 0 Å². The fraction of sp³-hybridized carbons (Fsp3) is 0.333. The van der Waals surface area contributed by atoms with Gasteiger partial charge in [-0.3, -0.25) is 0 Å². The first-order chi connectivity index (χ1) is 11.8. The number of aromatic nitrogens is 1. The standard InChI is InChI=1S/C21H23N3/c1-23-11-9-15(10-12-23)20-13-16-5-4-6-17-14-22-18-7-2-3-8-19(18)24(20)21(16)17/h2-8,13,15,22H,9-12,14H2,1H3. The lowest BCUT2D eigenvalue weighted by molar-refractivity contribution is 0.252. The minimum Gasteiger partial charge on any atom is -0.379 e. The van der Waals surface area contributed by atoms with Crippen molar-refractivity contribution in [3.63, 3.8) is 0 Å². The van der Waals surface area contributed by atoms with Crippen LogP contribution in [0.25, 0.3) is 16.6 Å². The van der Waals surface area contributed by atoms with Gasteiger partial charge in [-0.05, 0) is 56.7 Å². The second-order valence-corrected chi connectivity index (χ2v) is 7.21. The lowest BCUT2D eigenvalue weighted by atomic mass is 9.93. The van der Waals surface area contributed by atoms with Crippen LogP contribution in [0.1, 0.15) is 30.0 Å². The molecule has 0 spiro atoms. The number of piperidine rings is 1. The first-order valence-corrected chi connectivity index (χ1v) is 8.96. The summed E-state index contributed by atoms with van der Waals surface area (Å²) in [6, 6.07) is 17.9. The Kier molecular flexibility index (Phi) is 3.17. The lowest BCUT2D eigenvalue weighted by Crippen LogP contribution is -2.29. The summed E-state index contributed by atoms with van der Waals surface area (Å²) in [5.74, 6) is 0.646. The van der Waals surface area contributed by atoms with Gasteiger partial charge in [-0.2, -0.15) is 0 Å². The summed E-state index contributed by atoms with van der Waals surface area (Å²) in [5, 5.41) is 5.00. The van der Waals surface area contributed by atoms with Gasteiger partial charge in [0, 0.05) is 23.5 Å². The summed E-state index contributed by atoms with van der Waals surface area (Å²) in [5.41, 5.74) is 6.81. The monoisotopic (exact) mass is 317 g/mol. The zero-order chi connectivity index (χ0) is 16.1. The van der Waals surface area contributed by atoms with E-state index in [1.165, 1.54) is 59.5 Å². The van der Waals surface area contributed by atoms with Crippen LogP contribution in [-0.2, 0) is 6.54 Å². The topological polar surface area (TPSA) is 20.2 Å². The van der Waals surface area contributed by atoms with Crippen molar-refractivity contribution in [2.45, 2.75) is 25.3 Å². The van der Waals surface area contributed by atoms with E-state index in [0.717, 1.165) is 6.54 Å². The van der Waals surface area contributed by atoms with Gasteiger partial charge in [0.1, 0.15) is 0 Å². The molecule has 3 aromatic rings. The summed E-state index contributed by atoms with van der Waals surface area (Å²) in [6.45, 7) is 3.28. The first kappa shape index (κ1) is 14.1. The largest absolute Gasteiger partial charge is 0.379 e. The molecule has 3 heteroatoms. The highest BCUT2D eigenvalue weighted by molar-refractivity contribution is 5.89. The molecule has 24 heavy (non-hydrogen) atoms. The van der Waals surface area contributed by atoms with Crippen molar-refractivity contribution in [3.8, 4) is 5.69 Å². The quantitative estimate of drug-likeness (QED) is 0.719. The molecule has 0 unspecified atom stereocenters. The Morgan fingerprint density at radius 1 is 1.00 bits per heavy atom. The van der Waals surface area contributed by atoms with Crippen LogP contribution in [0.2, 0.25) is 0 Å². The second-order valence-electron chi connectivity index (χ2n) is 7.21. The number of para-hydroxylation sites is 3. The van der Waals surface area contributed by atoms with Crippen LogP contribution in [0, 0.1) is 0 Å². The molecule has 5 rings (SSSR count). The van der Waals surface area contributed by atoms with E-state index in [-0.39, 0.29) is 0 Å². The van der Waals surface area contributed by atoms with Crippen LogP contribution in [-0.4, -0.2) is 29.6 Å². The third kappa shape index (κ3) is 2.08. The zero-order valence-electron chi connectivity index (χ0n) is 14.1. The van der Waals surface area contributed by atoms with Gasteiger partial charge >= 0.3 is 0 Å². The average molecular weight is 317 g/mol. The van der Waals surface area contributed by atoms with E-state index in [1.54, 1.807) is 0 Å². The highest BCUT2D eigenvalue weighted by Crippen LogP contribution is 2.39. The molecule has 3 nitrogen and oxygen atoms in total.